The minimum atomic E-state index is -0.186. The molecule has 2 aromatic rings. The monoisotopic (exact) mass is 299 g/mol. The van der Waals surface area contributed by atoms with Crippen LogP contribution in [0.2, 0.25) is 0 Å². The average Bonchev–Trinajstić information content (AvgIpc) is 3.09. The molecule has 1 aromatic carbocycles. The molecule has 1 fully saturated rings. The lowest BCUT2D eigenvalue weighted by Gasteiger charge is -2.05. The Labute approximate surface area is 131 Å². The molecule has 1 aliphatic rings. The maximum Gasteiger partial charge on any atom is 0.325 e. The largest absolute Gasteiger partial charge is 0.465 e. The van der Waals surface area contributed by atoms with E-state index < -0.39 is 0 Å². The van der Waals surface area contributed by atoms with E-state index >= 15 is 0 Å². The molecule has 3 rings (SSSR count). The Hall–Kier alpha value is -2.10. The highest BCUT2D eigenvalue weighted by Crippen LogP contribution is 2.24. The van der Waals surface area contributed by atoms with E-state index in [1.807, 2.05) is 17.6 Å². The number of nitrogens with zero attached hydrogens (tertiary/aromatic N) is 2. The van der Waals surface area contributed by atoms with Crippen molar-refractivity contribution < 1.29 is 14.1 Å². The molecule has 1 aliphatic heterocycles. The number of carbonyl (C=O) groups excluding carboxylic acids is 1. The first kappa shape index (κ1) is 14.8. The van der Waals surface area contributed by atoms with Gasteiger partial charge in [0.2, 0.25) is 0 Å². The normalized spacial score (nSPS) is 14.5. The predicted molar refractivity (Wildman–Crippen MR) is 87.7 cm³/mol. The molecule has 1 aromatic heterocycles. The number of hydrogen-bond acceptors (Lipinski definition) is 2. The zero-order chi connectivity index (χ0) is 15.5. The van der Waals surface area contributed by atoms with Crippen molar-refractivity contribution in [2.45, 2.75) is 33.2 Å². The average molecular weight is 299 g/mol. The zero-order valence-electron chi connectivity index (χ0n) is 13.3. The molecule has 0 saturated carbocycles. The number of aromatic nitrogens is 1. The first-order chi connectivity index (χ1) is 10.7. The maximum absolute atomic E-state index is 11.8. The van der Waals surface area contributed by atoms with Gasteiger partial charge in [0.1, 0.15) is 19.6 Å². The molecule has 0 amide bonds. The molecule has 4 heteroatoms. The highest BCUT2D eigenvalue weighted by molar-refractivity contribution is 6.00. The molecular formula is C18H23N2O2+. The summed E-state index contributed by atoms with van der Waals surface area (Å²) in [5.74, 6) is -0.186. The van der Waals surface area contributed by atoms with E-state index in [4.69, 9.17) is 4.74 Å². The fourth-order valence-electron chi connectivity index (χ4n) is 3.21. The molecule has 0 atom stereocenters. The van der Waals surface area contributed by atoms with Crippen molar-refractivity contribution in [3.8, 4) is 0 Å². The van der Waals surface area contributed by atoms with Gasteiger partial charge in [-0.25, -0.2) is 4.58 Å². The van der Waals surface area contributed by atoms with Crippen LogP contribution in [0, 0.1) is 6.92 Å². The van der Waals surface area contributed by atoms with Crippen molar-refractivity contribution in [2.75, 3.05) is 19.7 Å². The van der Waals surface area contributed by atoms with Gasteiger partial charge in [-0.15, -0.1) is 0 Å². The number of ether oxygens (including phenoxy) is 1. The zero-order valence-corrected chi connectivity index (χ0v) is 13.3. The van der Waals surface area contributed by atoms with E-state index in [9.17, 15) is 4.79 Å². The van der Waals surface area contributed by atoms with Gasteiger partial charge in [-0.3, -0.25) is 4.79 Å². The van der Waals surface area contributed by atoms with Crippen LogP contribution in [0.3, 0.4) is 0 Å². The molecule has 0 radical (unpaired) electrons. The summed E-state index contributed by atoms with van der Waals surface area (Å²) in [6, 6.07) is 6.24. The second-order valence-corrected chi connectivity index (χ2v) is 5.86. The standard InChI is InChI=1S/C18H23N2O2/c1-3-22-17(21)13-20-12-15(11-19-9-4-5-10-19)18-14(2)7-6-8-16(18)20/h6-8,11-12H,3-5,9-10,13H2,1-2H3/q+1. The summed E-state index contributed by atoms with van der Waals surface area (Å²) in [5.41, 5.74) is 3.53. The minimum absolute atomic E-state index is 0.186. The van der Waals surface area contributed by atoms with Crippen LogP contribution in [0.1, 0.15) is 30.9 Å². The third-order valence-electron chi connectivity index (χ3n) is 4.21. The Kier molecular flexibility index (Phi) is 4.27. The van der Waals surface area contributed by atoms with Crippen LogP contribution in [-0.4, -0.2) is 41.0 Å². The van der Waals surface area contributed by atoms with E-state index in [2.05, 4.69) is 36.0 Å². The van der Waals surface area contributed by atoms with Crippen LogP contribution in [-0.2, 0) is 16.1 Å². The minimum Gasteiger partial charge on any atom is -0.465 e. The number of carbonyl (C=O) groups is 1. The second kappa shape index (κ2) is 6.34. The highest BCUT2D eigenvalue weighted by atomic mass is 16.5. The molecule has 0 N–H and O–H groups in total. The third kappa shape index (κ3) is 2.91. The first-order valence-corrected chi connectivity index (χ1v) is 8.02. The molecule has 116 valence electrons. The van der Waals surface area contributed by atoms with Gasteiger partial charge in [0, 0.05) is 29.9 Å². The second-order valence-electron chi connectivity index (χ2n) is 5.86. The van der Waals surface area contributed by atoms with Gasteiger partial charge in [0.05, 0.1) is 12.2 Å². The van der Waals surface area contributed by atoms with Crippen molar-refractivity contribution in [3.63, 3.8) is 0 Å². The molecule has 1 saturated heterocycles. The molecule has 4 nitrogen and oxygen atoms in total. The number of aryl methyl sites for hydroxylation is 1. The van der Waals surface area contributed by atoms with E-state index in [-0.39, 0.29) is 12.5 Å². The van der Waals surface area contributed by atoms with Crippen molar-refractivity contribution in [3.05, 3.63) is 35.5 Å². The smallest absolute Gasteiger partial charge is 0.325 e. The van der Waals surface area contributed by atoms with Crippen molar-refractivity contribution in [2.24, 2.45) is 0 Å². The van der Waals surface area contributed by atoms with Gasteiger partial charge in [0.15, 0.2) is 6.21 Å². The summed E-state index contributed by atoms with van der Waals surface area (Å²) in [4.78, 5) is 11.8. The Morgan fingerprint density at radius 3 is 2.86 bits per heavy atom. The first-order valence-electron chi connectivity index (χ1n) is 8.02. The summed E-state index contributed by atoms with van der Waals surface area (Å²) >= 11 is 0. The van der Waals surface area contributed by atoms with Crippen molar-refractivity contribution in [1.82, 2.24) is 4.57 Å². The van der Waals surface area contributed by atoms with Gasteiger partial charge in [-0.1, -0.05) is 12.1 Å². The molecule has 0 bridgehead atoms. The third-order valence-corrected chi connectivity index (χ3v) is 4.21. The SMILES string of the molecule is CCOC(=O)Cn1cc(C=[N+]2CCCC2)c2c(C)cccc21. The van der Waals surface area contributed by atoms with Crippen LogP contribution >= 0.6 is 0 Å². The van der Waals surface area contributed by atoms with Gasteiger partial charge < -0.3 is 9.30 Å². The number of fused-ring (bicyclic) bond motifs is 1. The van der Waals surface area contributed by atoms with E-state index in [1.165, 1.54) is 29.4 Å². The Balaban J connectivity index is 2.04. The van der Waals surface area contributed by atoms with Crippen LogP contribution in [0.4, 0.5) is 0 Å². The molecular weight excluding hydrogens is 276 g/mol. The lowest BCUT2D eigenvalue weighted by atomic mass is 10.1. The lowest BCUT2D eigenvalue weighted by Crippen LogP contribution is -2.12. The molecule has 0 unspecified atom stereocenters. The number of rotatable bonds is 4. The summed E-state index contributed by atoms with van der Waals surface area (Å²) in [7, 11) is 0. The summed E-state index contributed by atoms with van der Waals surface area (Å²) < 4.78 is 9.46. The van der Waals surface area contributed by atoms with E-state index in [1.54, 1.807) is 0 Å². The van der Waals surface area contributed by atoms with Gasteiger partial charge >= 0.3 is 5.97 Å². The van der Waals surface area contributed by atoms with Crippen molar-refractivity contribution >= 4 is 23.1 Å². The fraction of sp³-hybridized carbons (Fsp3) is 0.444. The molecule has 0 aliphatic carbocycles. The number of hydrogen-bond donors (Lipinski definition) is 0. The van der Waals surface area contributed by atoms with Gasteiger partial charge in [-0.05, 0) is 25.5 Å². The fourth-order valence-corrected chi connectivity index (χ4v) is 3.21. The summed E-state index contributed by atoms with van der Waals surface area (Å²) in [5, 5.41) is 1.23. The maximum atomic E-state index is 11.8. The topological polar surface area (TPSA) is 34.2 Å². The highest BCUT2D eigenvalue weighted by Gasteiger charge is 2.17. The van der Waals surface area contributed by atoms with E-state index in [0.717, 1.165) is 18.6 Å². The summed E-state index contributed by atoms with van der Waals surface area (Å²) in [6.45, 7) is 6.89. The van der Waals surface area contributed by atoms with Crippen LogP contribution < -0.4 is 0 Å². The number of benzene rings is 1. The Morgan fingerprint density at radius 2 is 2.14 bits per heavy atom. The predicted octanol–water partition coefficient (Wildman–Crippen LogP) is 2.74. The van der Waals surface area contributed by atoms with Crippen LogP contribution in [0.5, 0.6) is 0 Å². The van der Waals surface area contributed by atoms with Gasteiger partial charge in [-0.2, -0.15) is 0 Å². The Bertz CT molecular complexity index is 720. The van der Waals surface area contributed by atoms with Crippen LogP contribution in [0.15, 0.2) is 24.4 Å². The summed E-state index contributed by atoms with van der Waals surface area (Å²) in [6.07, 6.45) is 6.84. The van der Waals surface area contributed by atoms with Crippen molar-refractivity contribution in [1.29, 1.82) is 0 Å². The molecule has 0 spiro atoms. The molecule has 22 heavy (non-hydrogen) atoms. The van der Waals surface area contributed by atoms with Crippen LogP contribution in [0.25, 0.3) is 10.9 Å². The Morgan fingerprint density at radius 1 is 1.36 bits per heavy atom. The molecule has 2 heterocycles. The quantitative estimate of drug-likeness (QED) is 0.642. The van der Waals surface area contributed by atoms with E-state index in [0.29, 0.717) is 6.61 Å². The number of esters is 1. The lowest BCUT2D eigenvalue weighted by molar-refractivity contribution is -0.500. The van der Waals surface area contributed by atoms with Gasteiger partial charge in [0.25, 0.3) is 0 Å².